The second kappa shape index (κ2) is 8.73. The van der Waals surface area contributed by atoms with Gasteiger partial charge in [-0.15, -0.1) is 0 Å². The highest BCUT2D eigenvalue weighted by Crippen LogP contribution is 2.64. The molecule has 0 aromatic carbocycles. The molecule has 0 radical (unpaired) electrons. The van der Waals surface area contributed by atoms with Crippen molar-refractivity contribution in [3.8, 4) is 0 Å². The first-order valence-corrected chi connectivity index (χ1v) is 9.65. The first-order chi connectivity index (χ1) is 8.98. The molecule has 0 amide bonds. The minimum atomic E-state index is -3.26. The second-order valence-electron chi connectivity index (χ2n) is 5.45. The van der Waals surface area contributed by atoms with E-state index in [1.165, 1.54) is 11.4 Å². The standard InChI is InChI=1S/C12H30N3O3PS/c1-10(13(4)5)17-19(16,18-11(2)14(6)7)20-12(3)15(8)9/h10-12H,1-9H3. The minimum absolute atomic E-state index is 0.0320. The molecule has 0 aliphatic carbocycles. The third-order valence-electron chi connectivity index (χ3n) is 3.03. The summed E-state index contributed by atoms with van der Waals surface area (Å²) in [6, 6.07) is 0. The molecule has 0 heterocycles. The van der Waals surface area contributed by atoms with Crippen LogP contribution in [0.25, 0.3) is 0 Å². The van der Waals surface area contributed by atoms with Gasteiger partial charge in [-0.05, 0) is 74.4 Å². The molecule has 0 aromatic heterocycles. The van der Waals surface area contributed by atoms with Crippen molar-refractivity contribution in [1.82, 2.24) is 14.7 Å². The Labute approximate surface area is 128 Å². The van der Waals surface area contributed by atoms with Crippen LogP contribution in [0.15, 0.2) is 0 Å². The third-order valence-corrected chi connectivity index (χ3v) is 7.34. The van der Waals surface area contributed by atoms with E-state index >= 15 is 0 Å². The Morgan fingerprint density at radius 1 is 0.800 bits per heavy atom. The van der Waals surface area contributed by atoms with Crippen LogP contribution in [-0.4, -0.2) is 74.8 Å². The van der Waals surface area contributed by atoms with Crippen LogP contribution in [0.1, 0.15) is 20.8 Å². The Morgan fingerprint density at radius 2 is 1.15 bits per heavy atom. The number of nitrogens with zero attached hydrogens (tertiary/aromatic N) is 3. The van der Waals surface area contributed by atoms with Crippen molar-refractivity contribution in [2.45, 2.75) is 38.6 Å². The van der Waals surface area contributed by atoms with E-state index in [1.54, 1.807) is 0 Å². The maximum absolute atomic E-state index is 13.0. The molecule has 0 aliphatic rings. The van der Waals surface area contributed by atoms with Crippen LogP contribution in [0.4, 0.5) is 0 Å². The fraction of sp³-hybridized carbons (Fsp3) is 1.00. The van der Waals surface area contributed by atoms with Crippen molar-refractivity contribution in [2.75, 3.05) is 42.3 Å². The predicted molar refractivity (Wildman–Crippen MR) is 86.8 cm³/mol. The van der Waals surface area contributed by atoms with Gasteiger partial charge in [0.15, 0.2) is 0 Å². The summed E-state index contributed by atoms with van der Waals surface area (Å²) in [7, 11) is 11.4. The van der Waals surface area contributed by atoms with Crippen molar-refractivity contribution < 1.29 is 13.6 Å². The highest BCUT2D eigenvalue weighted by Gasteiger charge is 2.34. The van der Waals surface area contributed by atoms with Crippen LogP contribution >= 0.6 is 18.2 Å². The molecule has 3 unspecified atom stereocenters. The molecule has 0 saturated heterocycles. The normalized spacial score (nSPS) is 20.2. The zero-order valence-electron chi connectivity index (χ0n) is 14.2. The SMILES string of the molecule is CC(OP(=O)(OC(C)N(C)C)SC(C)N(C)C)N(C)C. The largest absolute Gasteiger partial charge is 0.393 e. The molecule has 0 aliphatic heterocycles. The van der Waals surface area contributed by atoms with Gasteiger partial charge in [0.25, 0.3) is 0 Å². The fourth-order valence-electron chi connectivity index (χ4n) is 0.918. The first-order valence-electron chi connectivity index (χ1n) is 6.63. The molecule has 122 valence electrons. The Kier molecular flexibility index (Phi) is 8.90. The lowest BCUT2D eigenvalue weighted by Crippen LogP contribution is -2.31. The molecule has 3 atom stereocenters. The molecular formula is C12H30N3O3PS. The van der Waals surface area contributed by atoms with Gasteiger partial charge in [-0.2, -0.15) is 0 Å². The van der Waals surface area contributed by atoms with Crippen molar-refractivity contribution in [2.24, 2.45) is 0 Å². The summed E-state index contributed by atoms with van der Waals surface area (Å²) in [6.45, 7) is 2.44. The van der Waals surface area contributed by atoms with Gasteiger partial charge in [-0.1, -0.05) is 0 Å². The Balaban J connectivity index is 4.97. The molecule has 0 N–H and O–H groups in total. The van der Waals surface area contributed by atoms with E-state index in [9.17, 15) is 4.57 Å². The average molecular weight is 327 g/mol. The zero-order valence-corrected chi connectivity index (χ0v) is 15.9. The van der Waals surface area contributed by atoms with Gasteiger partial charge >= 0.3 is 6.80 Å². The topological polar surface area (TPSA) is 45.3 Å². The van der Waals surface area contributed by atoms with Gasteiger partial charge in [-0.25, -0.2) is 4.57 Å². The van der Waals surface area contributed by atoms with Crippen LogP contribution in [0.3, 0.4) is 0 Å². The van der Waals surface area contributed by atoms with E-state index in [2.05, 4.69) is 0 Å². The molecule has 0 aromatic rings. The van der Waals surface area contributed by atoms with Crippen LogP contribution in [0.5, 0.6) is 0 Å². The van der Waals surface area contributed by atoms with E-state index in [4.69, 9.17) is 9.05 Å². The lowest BCUT2D eigenvalue weighted by molar-refractivity contribution is 0.0265. The van der Waals surface area contributed by atoms with Gasteiger partial charge in [0, 0.05) is 0 Å². The number of hydrogen-bond acceptors (Lipinski definition) is 7. The van der Waals surface area contributed by atoms with E-state index in [1.807, 2.05) is 77.8 Å². The molecule has 20 heavy (non-hydrogen) atoms. The fourth-order valence-corrected chi connectivity index (χ4v) is 5.49. The van der Waals surface area contributed by atoms with Crippen LogP contribution in [-0.2, 0) is 13.6 Å². The third kappa shape index (κ3) is 7.41. The highest BCUT2D eigenvalue weighted by atomic mass is 32.7. The lowest BCUT2D eigenvalue weighted by Gasteiger charge is -2.31. The lowest BCUT2D eigenvalue weighted by atomic mass is 10.6. The van der Waals surface area contributed by atoms with E-state index in [0.29, 0.717) is 0 Å². The smallest absolute Gasteiger partial charge is 0.297 e. The Bertz CT molecular complexity index is 282. The molecule has 0 bridgehead atoms. The summed E-state index contributed by atoms with van der Waals surface area (Å²) in [6.07, 6.45) is -0.561. The average Bonchev–Trinajstić information content (AvgIpc) is 2.27. The zero-order chi connectivity index (χ0) is 16.1. The Morgan fingerprint density at radius 3 is 1.40 bits per heavy atom. The summed E-state index contributed by atoms with van der Waals surface area (Å²) in [5.74, 6) is 0. The molecule has 0 spiro atoms. The number of rotatable bonds is 9. The minimum Gasteiger partial charge on any atom is -0.297 e. The molecule has 0 fully saturated rings. The summed E-state index contributed by atoms with van der Waals surface area (Å²) >= 11 is 1.23. The quantitative estimate of drug-likeness (QED) is 0.476. The van der Waals surface area contributed by atoms with Crippen molar-refractivity contribution in [3.05, 3.63) is 0 Å². The maximum atomic E-state index is 13.0. The van der Waals surface area contributed by atoms with Gasteiger partial charge in [0.05, 0.1) is 5.37 Å². The monoisotopic (exact) mass is 327 g/mol. The van der Waals surface area contributed by atoms with Gasteiger partial charge in [-0.3, -0.25) is 23.7 Å². The second-order valence-corrected chi connectivity index (χ2v) is 9.64. The summed E-state index contributed by atoms with van der Waals surface area (Å²) < 4.78 is 24.4. The van der Waals surface area contributed by atoms with Gasteiger partial charge < -0.3 is 0 Å². The Hall–Kier alpha value is 0.380. The molecule has 0 saturated carbocycles. The van der Waals surface area contributed by atoms with Crippen molar-refractivity contribution >= 4 is 18.2 Å². The summed E-state index contributed by atoms with van der Waals surface area (Å²) in [4.78, 5) is 5.69. The number of hydrogen-bond donors (Lipinski definition) is 0. The van der Waals surface area contributed by atoms with Crippen LogP contribution in [0.2, 0.25) is 0 Å². The van der Waals surface area contributed by atoms with Crippen LogP contribution in [0, 0.1) is 0 Å². The molecule has 0 rings (SSSR count). The van der Waals surface area contributed by atoms with Crippen molar-refractivity contribution in [3.63, 3.8) is 0 Å². The van der Waals surface area contributed by atoms with Gasteiger partial charge in [0.2, 0.25) is 0 Å². The molecule has 6 nitrogen and oxygen atoms in total. The summed E-state index contributed by atoms with van der Waals surface area (Å²) in [5.41, 5.74) is 0. The van der Waals surface area contributed by atoms with Crippen molar-refractivity contribution in [1.29, 1.82) is 0 Å². The van der Waals surface area contributed by atoms with Gasteiger partial charge in [0.1, 0.15) is 12.5 Å². The first kappa shape index (κ1) is 20.4. The van der Waals surface area contributed by atoms with E-state index in [-0.39, 0.29) is 17.8 Å². The van der Waals surface area contributed by atoms with E-state index in [0.717, 1.165) is 0 Å². The predicted octanol–water partition coefficient (Wildman–Crippen LogP) is 2.58. The van der Waals surface area contributed by atoms with Crippen LogP contribution < -0.4 is 0 Å². The van der Waals surface area contributed by atoms with E-state index < -0.39 is 6.80 Å². The summed E-state index contributed by atoms with van der Waals surface area (Å²) in [5, 5.41) is 0.0320. The molecular weight excluding hydrogens is 297 g/mol. The maximum Gasteiger partial charge on any atom is 0.393 e. The molecule has 8 heteroatoms. The highest BCUT2D eigenvalue weighted by molar-refractivity contribution is 8.55.